The molecule has 0 heterocycles. The average Bonchev–Trinajstić information content (AvgIpc) is 2.39. The molecule has 20 heavy (non-hydrogen) atoms. The van der Waals surface area contributed by atoms with E-state index in [4.69, 9.17) is 10.00 Å². The highest BCUT2D eigenvalue weighted by Crippen LogP contribution is 2.25. The third kappa shape index (κ3) is 3.71. The Kier molecular flexibility index (Phi) is 5.10. The van der Waals surface area contributed by atoms with Gasteiger partial charge in [-0.05, 0) is 36.0 Å². The number of carbonyl (C=O) groups excluding carboxylic acids is 1. The lowest BCUT2D eigenvalue weighted by Crippen LogP contribution is -2.11. The molecule has 0 aliphatic carbocycles. The Labute approximate surface area is 120 Å². The van der Waals surface area contributed by atoms with Gasteiger partial charge in [-0.15, -0.1) is 0 Å². The molecule has 0 unspecified atom stereocenters. The van der Waals surface area contributed by atoms with Crippen molar-refractivity contribution in [3.63, 3.8) is 0 Å². The largest absolute Gasteiger partial charge is 0.462 e. The van der Waals surface area contributed by atoms with Crippen LogP contribution in [0.4, 0.5) is 0 Å². The van der Waals surface area contributed by atoms with Gasteiger partial charge in [0.15, 0.2) is 0 Å². The molecule has 3 nitrogen and oxygen atoms in total. The standard InChI is InChI=1S/C17H21NO2/c1-6-20-16(19)15(11-18)12(2)13-7-9-14(10-8-13)17(3,4)5/h7-10H,6H2,1-5H3/b15-12-. The fraction of sp³-hybridized carbons (Fsp3) is 0.412. The minimum Gasteiger partial charge on any atom is -0.462 e. The van der Waals surface area contributed by atoms with Gasteiger partial charge in [-0.1, -0.05) is 45.0 Å². The van der Waals surface area contributed by atoms with Crippen LogP contribution in [0.5, 0.6) is 0 Å². The summed E-state index contributed by atoms with van der Waals surface area (Å²) in [5.41, 5.74) is 2.86. The summed E-state index contributed by atoms with van der Waals surface area (Å²) in [4.78, 5) is 11.7. The molecule has 0 N–H and O–H groups in total. The smallest absolute Gasteiger partial charge is 0.349 e. The average molecular weight is 271 g/mol. The van der Waals surface area contributed by atoms with Crippen LogP contribution in [0.3, 0.4) is 0 Å². The second-order valence-electron chi connectivity index (χ2n) is 5.66. The predicted octanol–water partition coefficient (Wildman–Crippen LogP) is 3.84. The van der Waals surface area contributed by atoms with Crippen LogP contribution in [0.2, 0.25) is 0 Å². The normalized spacial score (nSPS) is 12.4. The molecule has 0 radical (unpaired) electrons. The molecule has 0 saturated carbocycles. The summed E-state index contributed by atoms with van der Waals surface area (Å²) < 4.78 is 4.90. The van der Waals surface area contributed by atoms with Crippen LogP contribution in [0.15, 0.2) is 29.8 Å². The quantitative estimate of drug-likeness (QED) is 0.476. The van der Waals surface area contributed by atoms with Crippen LogP contribution in [0.1, 0.15) is 45.7 Å². The Morgan fingerprint density at radius 1 is 1.25 bits per heavy atom. The lowest BCUT2D eigenvalue weighted by atomic mass is 9.86. The van der Waals surface area contributed by atoms with Crippen molar-refractivity contribution >= 4 is 11.5 Å². The SMILES string of the molecule is CCOC(=O)/C(C#N)=C(/C)c1ccc(C(C)(C)C)cc1. The summed E-state index contributed by atoms with van der Waals surface area (Å²) >= 11 is 0. The molecule has 1 rings (SSSR count). The van der Waals surface area contributed by atoms with Crippen LogP contribution in [0.25, 0.3) is 5.57 Å². The number of benzene rings is 1. The van der Waals surface area contributed by atoms with E-state index in [2.05, 4.69) is 20.8 Å². The summed E-state index contributed by atoms with van der Waals surface area (Å²) in [5.74, 6) is -0.563. The fourth-order valence-electron chi connectivity index (χ4n) is 1.85. The van der Waals surface area contributed by atoms with E-state index in [1.54, 1.807) is 13.8 Å². The van der Waals surface area contributed by atoms with Crippen molar-refractivity contribution in [2.45, 2.75) is 40.0 Å². The molecule has 0 aliphatic heterocycles. The number of allylic oxidation sites excluding steroid dienone is 1. The second-order valence-corrected chi connectivity index (χ2v) is 5.66. The van der Waals surface area contributed by atoms with E-state index in [9.17, 15) is 4.79 Å². The van der Waals surface area contributed by atoms with Gasteiger partial charge in [0.1, 0.15) is 11.6 Å². The predicted molar refractivity (Wildman–Crippen MR) is 80.0 cm³/mol. The molecule has 0 fully saturated rings. The number of ether oxygens (including phenoxy) is 1. The first-order chi connectivity index (χ1) is 9.31. The molecule has 0 aromatic heterocycles. The van der Waals surface area contributed by atoms with E-state index in [0.717, 1.165) is 5.56 Å². The lowest BCUT2D eigenvalue weighted by molar-refractivity contribution is -0.137. The maximum atomic E-state index is 11.7. The number of esters is 1. The van der Waals surface area contributed by atoms with Gasteiger partial charge < -0.3 is 4.74 Å². The molecule has 1 aromatic carbocycles. The summed E-state index contributed by atoms with van der Waals surface area (Å²) in [6, 6.07) is 9.86. The van der Waals surface area contributed by atoms with E-state index in [1.165, 1.54) is 5.56 Å². The van der Waals surface area contributed by atoms with Gasteiger partial charge in [-0.25, -0.2) is 4.79 Å². The molecule has 0 aliphatic rings. The van der Waals surface area contributed by atoms with Crippen LogP contribution >= 0.6 is 0 Å². The summed E-state index contributed by atoms with van der Waals surface area (Å²) in [7, 11) is 0. The maximum absolute atomic E-state index is 11.7. The number of carbonyl (C=O) groups is 1. The van der Waals surface area contributed by atoms with Gasteiger partial charge in [-0.3, -0.25) is 0 Å². The molecule has 0 atom stereocenters. The zero-order valence-corrected chi connectivity index (χ0v) is 12.8. The minimum atomic E-state index is -0.563. The van der Waals surface area contributed by atoms with Crippen molar-refractivity contribution in [3.05, 3.63) is 41.0 Å². The molecule has 106 valence electrons. The Hall–Kier alpha value is -2.08. The van der Waals surface area contributed by atoms with Crippen molar-refractivity contribution in [1.29, 1.82) is 5.26 Å². The van der Waals surface area contributed by atoms with E-state index >= 15 is 0 Å². The maximum Gasteiger partial charge on any atom is 0.349 e. The Balaban J connectivity index is 3.16. The highest BCUT2D eigenvalue weighted by atomic mass is 16.5. The van der Waals surface area contributed by atoms with Gasteiger partial charge >= 0.3 is 5.97 Å². The van der Waals surface area contributed by atoms with E-state index in [-0.39, 0.29) is 17.6 Å². The van der Waals surface area contributed by atoms with Gasteiger partial charge in [0.25, 0.3) is 0 Å². The molecular formula is C17H21NO2. The first-order valence-corrected chi connectivity index (χ1v) is 6.70. The Morgan fingerprint density at radius 2 is 1.80 bits per heavy atom. The van der Waals surface area contributed by atoms with E-state index in [0.29, 0.717) is 5.57 Å². The van der Waals surface area contributed by atoms with Crippen LogP contribution in [-0.4, -0.2) is 12.6 Å². The molecule has 0 saturated heterocycles. The first kappa shape index (κ1) is 16.0. The fourth-order valence-corrected chi connectivity index (χ4v) is 1.85. The van der Waals surface area contributed by atoms with Crippen molar-refractivity contribution in [3.8, 4) is 6.07 Å². The highest BCUT2D eigenvalue weighted by Gasteiger charge is 2.16. The highest BCUT2D eigenvalue weighted by molar-refractivity contribution is 6.01. The van der Waals surface area contributed by atoms with Crippen molar-refractivity contribution in [2.24, 2.45) is 0 Å². The zero-order valence-electron chi connectivity index (χ0n) is 12.8. The molecule has 0 bridgehead atoms. The monoisotopic (exact) mass is 271 g/mol. The van der Waals surface area contributed by atoms with Gasteiger partial charge in [0.05, 0.1) is 6.61 Å². The topological polar surface area (TPSA) is 50.1 Å². The Morgan fingerprint density at radius 3 is 2.20 bits per heavy atom. The first-order valence-electron chi connectivity index (χ1n) is 6.70. The molecule has 3 heteroatoms. The number of nitrogens with zero attached hydrogens (tertiary/aromatic N) is 1. The number of rotatable bonds is 3. The third-order valence-corrected chi connectivity index (χ3v) is 3.15. The molecule has 0 spiro atoms. The Bertz CT molecular complexity index is 554. The van der Waals surface area contributed by atoms with Crippen molar-refractivity contribution < 1.29 is 9.53 Å². The van der Waals surface area contributed by atoms with Gasteiger partial charge in [0.2, 0.25) is 0 Å². The van der Waals surface area contributed by atoms with Crippen molar-refractivity contribution in [1.82, 2.24) is 0 Å². The number of hydrogen-bond acceptors (Lipinski definition) is 3. The molecule has 0 amide bonds. The summed E-state index contributed by atoms with van der Waals surface area (Å²) in [6.07, 6.45) is 0. The van der Waals surface area contributed by atoms with Crippen molar-refractivity contribution in [2.75, 3.05) is 6.61 Å². The summed E-state index contributed by atoms with van der Waals surface area (Å²) in [5, 5.41) is 9.13. The zero-order chi connectivity index (χ0) is 15.3. The molecular weight excluding hydrogens is 250 g/mol. The van der Waals surface area contributed by atoms with Crippen LogP contribution < -0.4 is 0 Å². The summed E-state index contributed by atoms with van der Waals surface area (Å²) in [6.45, 7) is 10.2. The molecule has 1 aromatic rings. The van der Waals surface area contributed by atoms with Crippen LogP contribution in [-0.2, 0) is 14.9 Å². The lowest BCUT2D eigenvalue weighted by Gasteiger charge is -2.19. The van der Waals surface area contributed by atoms with E-state index < -0.39 is 5.97 Å². The van der Waals surface area contributed by atoms with Gasteiger partial charge in [-0.2, -0.15) is 5.26 Å². The van der Waals surface area contributed by atoms with Gasteiger partial charge in [0, 0.05) is 0 Å². The second kappa shape index (κ2) is 6.38. The third-order valence-electron chi connectivity index (χ3n) is 3.15. The number of nitriles is 1. The number of hydrogen-bond donors (Lipinski definition) is 0. The minimum absolute atomic E-state index is 0.0651. The van der Waals surface area contributed by atoms with E-state index in [1.807, 2.05) is 30.3 Å². The van der Waals surface area contributed by atoms with Crippen LogP contribution in [0, 0.1) is 11.3 Å².